The molecule has 2 heterocycles. The van der Waals surface area contributed by atoms with E-state index in [2.05, 4.69) is 10.1 Å². The van der Waals surface area contributed by atoms with Crippen molar-refractivity contribution >= 4 is 33.2 Å². The zero-order chi connectivity index (χ0) is 27.2. The molecule has 1 aromatic carbocycles. The first-order chi connectivity index (χ1) is 17.3. The van der Waals surface area contributed by atoms with Gasteiger partial charge in [-0.05, 0) is 25.0 Å². The Balaban J connectivity index is 1.79. The van der Waals surface area contributed by atoms with Crippen LogP contribution in [0.4, 0.5) is 8.78 Å². The van der Waals surface area contributed by atoms with E-state index in [1.165, 1.54) is 0 Å². The maximum Gasteiger partial charge on any atom is 0.352 e. The van der Waals surface area contributed by atoms with Crippen molar-refractivity contribution in [3.63, 3.8) is 0 Å². The lowest BCUT2D eigenvalue weighted by Crippen LogP contribution is -2.48. The quantitative estimate of drug-likeness (QED) is 0.446. The topological polar surface area (TPSA) is 183 Å². The third-order valence-corrected chi connectivity index (χ3v) is 6.96. The Morgan fingerprint density at radius 1 is 1.22 bits per heavy atom. The molecular formula is C20H14Cl2F2N6O6S. The highest BCUT2D eigenvalue weighted by Crippen LogP contribution is 2.39. The van der Waals surface area contributed by atoms with Crippen LogP contribution in [-0.4, -0.2) is 32.9 Å². The number of hydrogen-bond donors (Lipinski definition) is 2. The smallest absolute Gasteiger partial charge is 0.352 e. The van der Waals surface area contributed by atoms with Crippen LogP contribution in [0.25, 0.3) is 5.69 Å². The standard InChI is InChI=1S/C20H14Cl2F2N6O6S/c21-11-3-10(4-12(22)17(11)36-15-5-14(37(26,34)35)13(31)7-27-15)30-20(33)29(9-1-8(2-9)6-25)19(32)16(28-30)18(23)24/h3-5,7-9,18,31H,1-2H2,(H2,26,34,35). The molecule has 0 amide bonds. The second-order valence-electron chi connectivity index (χ2n) is 7.88. The first-order valence-corrected chi connectivity index (χ1v) is 12.4. The van der Waals surface area contributed by atoms with Crippen molar-refractivity contribution in [1.29, 1.82) is 5.26 Å². The van der Waals surface area contributed by atoms with Gasteiger partial charge in [-0.25, -0.2) is 32.1 Å². The van der Waals surface area contributed by atoms with Crippen molar-refractivity contribution in [2.45, 2.75) is 30.2 Å². The minimum atomic E-state index is -4.33. The minimum Gasteiger partial charge on any atom is -0.505 e. The van der Waals surface area contributed by atoms with E-state index in [0.29, 0.717) is 9.25 Å². The Kier molecular flexibility index (Phi) is 6.95. The summed E-state index contributed by atoms with van der Waals surface area (Å²) in [6.07, 6.45) is -2.28. The molecule has 12 nitrogen and oxygen atoms in total. The third-order valence-electron chi connectivity index (χ3n) is 5.46. The van der Waals surface area contributed by atoms with Gasteiger partial charge < -0.3 is 9.84 Å². The average molecular weight is 575 g/mol. The van der Waals surface area contributed by atoms with Crippen molar-refractivity contribution in [1.82, 2.24) is 19.3 Å². The van der Waals surface area contributed by atoms with Crippen LogP contribution in [0.3, 0.4) is 0 Å². The van der Waals surface area contributed by atoms with Gasteiger partial charge in [0.1, 0.15) is 4.90 Å². The van der Waals surface area contributed by atoms with E-state index in [-0.39, 0.29) is 40.2 Å². The number of primary sulfonamides is 1. The van der Waals surface area contributed by atoms with Crippen molar-refractivity contribution < 1.29 is 27.0 Å². The molecule has 37 heavy (non-hydrogen) atoms. The van der Waals surface area contributed by atoms with E-state index in [1.54, 1.807) is 0 Å². The molecule has 3 aromatic rings. The second-order valence-corrected chi connectivity index (χ2v) is 10.2. The molecule has 0 aliphatic heterocycles. The number of ether oxygens (including phenoxy) is 1. The van der Waals surface area contributed by atoms with Gasteiger partial charge in [0.25, 0.3) is 12.0 Å². The van der Waals surface area contributed by atoms with Crippen molar-refractivity contribution in [3.05, 3.63) is 61.0 Å². The average Bonchev–Trinajstić information content (AvgIpc) is 2.77. The maximum atomic E-state index is 13.6. The SMILES string of the molecule is N#CC1CC(n2c(=O)c(C(F)F)nn(-c3cc(Cl)c(Oc4cc(S(N)(=O)=O)c(O)cn4)c(Cl)c3)c2=O)C1. The summed E-state index contributed by atoms with van der Waals surface area (Å²) in [5, 5.41) is 26.6. The number of aromatic hydroxyl groups is 1. The highest BCUT2D eigenvalue weighted by atomic mass is 35.5. The zero-order valence-corrected chi connectivity index (χ0v) is 20.5. The van der Waals surface area contributed by atoms with Crippen LogP contribution in [0.1, 0.15) is 31.0 Å². The van der Waals surface area contributed by atoms with Gasteiger partial charge in [0.05, 0.1) is 33.9 Å². The number of alkyl halides is 2. The van der Waals surface area contributed by atoms with Gasteiger partial charge in [-0.3, -0.25) is 9.36 Å². The highest BCUT2D eigenvalue weighted by molar-refractivity contribution is 7.89. The summed E-state index contributed by atoms with van der Waals surface area (Å²) in [5.41, 5.74) is -3.69. The van der Waals surface area contributed by atoms with E-state index < -0.39 is 56.0 Å². The van der Waals surface area contributed by atoms with E-state index in [1.807, 2.05) is 6.07 Å². The third kappa shape index (κ3) is 5.01. The van der Waals surface area contributed by atoms with Crippen LogP contribution in [0.2, 0.25) is 10.0 Å². The van der Waals surface area contributed by atoms with Gasteiger partial charge >= 0.3 is 5.69 Å². The number of aromatic nitrogens is 4. The summed E-state index contributed by atoms with van der Waals surface area (Å²) in [7, 11) is -4.33. The molecule has 1 fully saturated rings. The molecule has 0 atom stereocenters. The lowest BCUT2D eigenvalue weighted by molar-refractivity contribution is 0.137. The fourth-order valence-electron chi connectivity index (χ4n) is 3.60. The summed E-state index contributed by atoms with van der Waals surface area (Å²) >= 11 is 12.5. The zero-order valence-electron chi connectivity index (χ0n) is 18.2. The van der Waals surface area contributed by atoms with Crippen LogP contribution in [0.15, 0.2) is 38.9 Å². The van der Waals surface area contributed by atoms with Gasteiger partial charge in [-0.1, -0.05) is 23.2 Å². The van der Waals surface area contributed by atoms with E-state index >= 15 is 0 Å². The number of halogens is 4. The first kappa shape index (κ1) is 26.5. The molecule has 1 aliphatic rings. The van der Waals surface area contributed by atoms with Crippen LogP contribution >= 0.6 is 23.2 Å². The normalized spacial score (nSPS) is 17.3. The summed E-state index contributed by atoms with van der Waals surface area (Å²) < 4.78 is 57.0. The van der Waals surface area contributed by atoms with E-state index in [9.17, 15) is 31.9 Å². The maximum absolute atomic E-state index is 13.6. The number of nitrogens with two attached hydrogens (primary N) is 1. The first-order valence-electron chi connectivity index (χ1n) is 10.1. The lowest BCUT2D eigenvalue weighted by atomic mass is 9.81. The molecule has 2 aromatic heterocycles. The Hall–Kier alpha value is -3.58. The van der Waals surface area contributed by atoms with Gasteiger partial charge in [0, 0.05) is 12.1 Å². The number of nitriles is 1. The van der Waals surface area contributed by atoms with Gasteiger partial charge in [0.2, 0.25) is 15.9 Å². The number of rotatable bonds is 6. The van der Waals surface area contributed by atoms with Crippen LogP contribution in [0, 0.1) is 17.2 Å². The Labute approximate surface area is 216 Å². The lowest BCUT2D eigenvalue weighted by Gasteiger charge is -2.31. The molecular weight excluding hydrogens is 561 g/mol. The second kappa shape index (κ2) is 9.71. The molecule has 4 rings (SSSR count). The molecule has 0 saturated heterocycles. The Morgan fingerprint density at radius 2 is 1.84 bits per heavy atom. The summed E-state index contributed by atoms with van der Waals surface area (Å²) in [6.45, 7) is 0. The number of benzene rings is 1. The molecule has 0 unspecified atom stereocenters. The number of hydrogen-bond acceptors (Lipinski definition) is 9. The number of sulfonamides is 1. The molecule has 0 radical (unpaired) electrons. The molecule has 0 spiro atoms. The summed E-state index contributed by atoms with van der Waals surface area (Å²) in [4.78, 5) is 28.6. The van der Waals surface area contributed by atoms with Crippen molar-refractivity contribution in [2.75, 3.05) is 0 Å². The molecule has 17 heteroatoms. The fourth-order valence-corrected chi connectivity index (χ4v) is 4.77. The van der Waals surface area contributed by atoms with E-state index in [0.717, 1.165) is 24.4 Å². The van der Waals surface area contributed by atoms with Gasteiger partial charge in [-0.15, -0.1) is 0 Å². The predicted molar refractivity (Wildman–Crippen MR) is 124 cm³/mol. The largest absolute Gasteiger partial charge is 0.505 e. The molecule has 0 bridgehead atoms. The minimum absolute atomic E-state index is 0.132. The van der Waals surface area contributed by atoms with Crippen molar-refractivity contribution in [2.24, 2.45) is 11.1 Å². The number of pyridine rings is 1. The summed E-state index contributed by atoms with van der Waals surface area (Å²) in [6, 6.07) is 4.20. The van der Waals surface area contributed by atoms with E-state index in [4.69, 9.17) is 38.3 Å². The Morgan fingerprint density at radius 3 is 2.38 bits per heavy atom. The highest BCUT2D eigenvalue weighted by Gasteiger charge is 2.35. The predicted octanol–water partition coefficient (Wildman–Crippen LogP) is 2.65. The number of nitrogens with zero attached hydrogens (tertiary/aromatic N) is 5. The molecule has 3 N–H and O–H groups in total. The van der Waals surface area contributed by atoms with Crippen LogP contribution in [-0.2, 0) is 10.0 Å². The van der Waals surface area contributed by atoms with Crippen LogP contribution in [0.5, 0.6) is 17.4 Å². The molecule has 1 aliphatic carbocycles. The van der Waals surface area contributed by atoms with Gasteiger partial charge in [-0.2, -0.15) is 15.0 Å². The van der Waals surface area contributed by atoms with Crippen molar-refractivity contribution in [3.8, 4) is 29.1 Å². The fraction of sp³-hybridized carbons (Fsp3) is 0.250. The summed E-state index contributed by atoms with van der Waals surface area (Å²) in [5.74, 6) is -1.79. The van der Waals surface area contributed by atoms with Gasteiger partial charge in [0.15, 0.2) is 17.2 Å². The monoisotopic (exact) mass is 574 g/mol. The Bertz CT molecular complexity index is 1660. The molecule has 194 valence electrons. The van der Waals surface area contributed by atoms with Crippen LogP contribution < -0.4 is 21.1 Å². The molecule has 1 saturated carbocycles.